The van der Waals surface area contributed by atoms with Gasteiger partial charge < -0.3 is 4.74 Å². The lowest BCUT2D eigenvalue weighted by molar-refractivity contribution is -0.144. The minimum absolute atomic E-state index is 0.166. The largest absolute Gasteiger partial charge is 0.465 e. The van der Waals surface area contributed by atoms with Crippen LogP contribution in [0.1, 0.15) is 12.6 Å². The highest BCUT2D eigenvalue weighted by Crippen LogP contribution is 2.26. The van der Waals surface area contributed by atoms with Crippen molar-refractivity contribution in [3.05, 3.63) is 11.9 Å². The molecule has 0 spiro atoms. The monoisotopic (exact) mass is 223 g/mol. The van der Waals surface area contributed by atoms with Crippen molar-refractivity contribution in [2.75, 3.05) is 6.61 Å². The fraction of sp³-hybridized carbons (Fsp3) is 0.571. The molecular formula is C7H8F3N3O2. The molecular weight excluding hydrogens is 215 g/mol. The summed E-state index contributed by atoms with van der Waals surface area (Å²) in [6, 6.07) is 0. The van der Waals surface area contributed by atoms with E-state index in [2.05, 4.69) is 15.0 Å². The number of rotatable bonds is 3. The van der Waals surface area contributed by atoms with Gasteiger partial charge in [0.25, 0.3) is 0 Å². The summed E-state index contributed by atoms with van der Waals surface area (Å²) < 4.78 is 41.5. The van der Waals surface area contributed by atoms with Crippen molar-refractivity contribution in [2.45, 2.75) is 19.6 Å². The summed E-state index contributed by atoms with van der Waals surface area (Å²) >= 11 is 0. The Kier molecular flexibility index (Phi) is 3.28. The predicted octanol–water partition coefficient (Wildman–Crippen LogP) is 0.860. The molecule has 0 aliphatic rings. The summed E-state index contributed by atoms with van der Waals surface area (Å²) in [5, 5.41) is 6.03. The first-order chi connectivity index (χ1) is 6.93. The van der Waals surface area contributed by atoms with Crippen LogP contribution in [-0.2, 0) is 22.3 Å². The average Bonchev–Trinajstić information content (AvgIpc) is 2.52. The van der Waals surface area contributed by atoms with Crippen molar-refractivity contribution < 1.29 is 22.7 Å². The minimum atomic E-state index is -4.55. The first-order valence-electron chi connectivity index (χ1n) is 4.06. The fourth-order valence-electron chi connectivity index (χ4n) is 0.844. The van der Waals surface area contributed by atoms with Crippen LogP contribution in [0.5, 0.6) is 0 Å². The Balaban J connectivity index is 2.65. The highest BCUT2D eigenvalue weighted by molar-refractivity contribution is 5.68. The fourth-order valence-corrected chi connectivity index (χ4v) is 0.844. The minimum Gasteiger partial charge on any atom is -0.465 e. The van der Waals surface area contributed by atoms with E-state index in [1.165, 1.54) is 0 Å². The van der Waals surface area contributed by atoms with E-state index in [4.69, 9.17) is 0 Å². The number of alkyl halides is 3. The molecule has 0 N–H and O–H groups in total. The van der Waals surface area contributed by atoms with Gasteiger partial charge in [-0.25, -0.2) is 4.68 Å². The van der Waals surface area contributed by atoms with Gasteiger partial charge >= 0.3 is 12.1 Å². The molecule has 0 saturated carbocycles. The normalized spacial score (nSPS) is 11.5. The van der Waals surface area contributed by atoms with E-state index in [0.717, 1.165) is 4.68 Å². The van der Waals surface area contributed by atoms with Crippen LogP contribution in [0.25, 0.3) is 0 Å². The van der Waals surface area contributed by atoms with Crippen LogP contribution in [0.4, 0.5) is 13.2 Å². The van der Waals surface area contributed by atoms with Crippen LogP contribution in [0, 0.1) is 0 Å². The number of carbonyl (C=O) groups is 1. The molecule has 0 radical (unpaired) electrons. The van der Waals surface area contributed by atoms with Gasteiger partial charge in [-0.15, -0.1) is 5.10 Å². The lowest BCUT2D eigenvalue weighted by Gasteiger charge is -2.00. The van der Waals surface area contributed by atoms with Crippen molar-refractivity contribution in [1.29, 1.82) is 0 Å². The maximum Gasteiger partial charge on any atom is 0.436 e. The molecule has 1 rings (SSSR count). The van der Waals surface area contributed by atoms with Crippen LogP contribution in [-0.4, -0.2) is 27.6 Å². The van der Waals surface area contributed by atoms with E-state index in [9.17, 15) is 18.0 Å². The number of nitrogens with zero attached hydrogens (tertiary/aromatic N) is 3. The van der Waals surface area contributed by atoms with Gasteiger partial charge in [0, 0.05) is 0 Å². The molecule has 0 unspecified atom stereocenters. The van der Waals surface area contributed by atoms with Crippen molar-refractivity contribution in [3.63, 3.8) is 0 Å². The first kappa shape index (κ1) is 11.5. The van der Waals surface area contributed by atoms with Crippen molar-refractivity contribution in [1.82, 2.24) is 15.0 Å². The molecule has 0 atom stereocenters. The summed E-state index contributed by atoms with van der Waals surface area (Å²) in [4.78, 5) is 10.9. The van der Waals surface area contributed by atoms with Gasteiger partial charge in [-0.2, -0.15) is 13.2 Å². The Morgan fingerprint density at radius 3 is 2.73 bits per heavy atom. The molecule has 15 heavy (non-hydrogen) atoms. The Hall–Kier alpha value is -1.60. The van der Waals surface area contributed by atoms with Crippen molar-refractivity contribution in [2.24, 2.45) is 0 Å². The zero-order valence-corrected chi connectivity index (χ0v) is 7.78. The second-order valence-corrected chi connectivity index (χ2v) is 2.60. The average molecular weight is 223 g/mol. The molecule has 0 saturated heterocycles. The lowest BCUT2D eigenvalue weighted by Crippen LogP contribution is -2.13. The topological polar surface area (TPSA) is 57.0 Å². The summed E-state index contributed by atoms with van der Waals surface area (Å²) in [5.41, 5.74) is -1.13. The van der Waals surface area contributed by atoms with Gasteiger partial charge in [-0.05, 0) is 6.92 Å². The Morgan fingerprint density at radius 1 is 1.60 bits per heavy atom. The van der Waals surface area contributed by atoms with E-state index in [1.54, 1.807) is 6.92 Å². The van der Waals surface area contributed by atoms with E-state index in [-0.39, 0.29) is 13.2 Å². The Bertz CT molecular complexity index is 347. The second-order valence-electron chi connectivity index (χ2n) is 2.60. The van der Waals surface area contributed by atoms with Gasteiger partial charge in [-0.3, -0.25) is 4.79 Å². The predicted molar refractivity (Wildman–Crippen MR) is 41.7 cm³/mol. The van der Waals surface area contributed by atoms with Gasteiger partial charge in [0.05, 0.1) is 12.8 Å². The van der Waals surface area contributed by atoms with Crippen LogP contribution < -0.4 is 0 Å². The third kappa shape index (κ3) is 3.22. The third-order valence-corrected chi connectivity index (χ3v) is 1.43. The quantitative estimate of drug-likeness (QED) is 0.713. The third-order valence-electron chi connectivity index (χ3n) is 1.43. The SMILES string of the molecule is CCOC(=O)Cn1cc(C(F)(F)F)nn1. The van der Waals surface area contributed by atoms with E-state index < -0.39 is 17.8 Å². The summed E-state index contributed by atoms with van der Waals surface area (Å²) in [7, 11) is 0. The number of carbonyl (C=O) groups excluding carboxylic acids is 1. The molecule has 8 heteroatoms. The standard InChI is InChI=1S/C7H8F3N3O2/c1-2-15-6(14)4-13-3-5(11-12-13)7(8,9)10/h3H,2,4H2,1H3. The number of halogens is 3. The highest BCUT2D eigenvalue weighted by Gasteiger charge is 2.34. The van der Waals surface area contributed by atoms with Crippen LogP contribution in [0.3, 0.4) is 0 Å². The molecule has 0 amide bonds. The van der Waals surface area contributed by atoms with Gasteiger partial charge in [0.1, 0.15) is 6.54 Å². The maximum atomic E-state index is 12.1. The van der Waals surface area contributed by atoms with Gasteiger partial charge in [-0.1, -0.05) is 5.21 Å². The molecule has 1 heterocycles. The first-order valence-corrected chi connectivity index (χ1v) is 4.06. The highest BCUT2D eigenvalue weighted by atomic mass is 19.4. The smallest absolute Gasteiger partial charge is 0.436 e. The molecule has 0 bridgehead atoms. The molecule has 1 aromatic heterocycles. The number of hydrogen-bond acceptors (Lipinski definition) is 4. The van der Waals surface area contributed by atoms with Gasteiger partial charge in [0.2, 0.25) is 0 Å². The molecule has 84 valence electrons. The van der Waals surface area contributed by atoms with E-state index in [1.807, 2.05) is 0 Å². The molecule has 5 nitrogen and oxygen atoms in total. The molecule has 0 aromatic carbocycles. The van der Waals surface area contributed by atoms with Gasteiger partial charge in [0.15, 0.2) is 5.69 Å². The lowest BCUT2D eigenvalue weighted by atomic mass is 10.5. The molecule has 0 aliphatic heterocycles. The number of aromatic nitrogens is 3. The number of hydrogen-bond donors (Lipinski definition) is 0. The summed E-state index contributed by atoms with van der Waals surface area (Å²) in [6.07, 6.45) is -3.90. The molecule has 1 aromatic rings. The number of esters is 1. The van der Waals surface area contributed by atoms with E-state index in [0.29, 0.717) is 6.20 Å². The van der Waals surface area contributed by atoms with Crippen LogP contribution in [0.2, 0.25) is 0 Å². The van der Waals surface area contributed by atoms with Crippen molar-refractivity contribution in [3.8, 4) is 0 Å². The van der Waals surface area contributed by atoms with Crippen molar-refractivity contribution >= 4 is 5.97 Å². The summed E-state index contributed by atoms with van der Waals surface area (Å²) in [5.74, 6) is -0.656. The zero-order valence-electron chi connectivity index (χ0n) is 7.78. The number of ether oxygens (including phenoxy) is 1. The molecule has 0 fully saturated rings. The zero-order chi connectivity index (χ0) is 11.5. The van der Waals surface area contributed by atoms with Crippen LogP contribution >= 0.6 is 0 Å². The maximum absolute atomic E-state index is 12.1. The van der Waals surface area contributed by atoms with Crippen LogP contribution in [0.15, 0.2) is 6.20 Å². The molecule has 0 aliphatic carbocycles. The Morgan fingerprint density at radius 2 is 2.27 bits per heavy atom. The van der Waals surface area contributed by atoms with E-state index >= 15 is 0 Å². The second kappa shape index (κ2) is 4.28. The summed E-state index contributed by atoms with van der Waals surface area (Å²) in [6.45, 7) is 1.39. The Labute approximate surface area is 82.8 Å².